The largest absolute Gasteiger partial charge is 0.395 e. The first-order valence-electron chi connectivity index (χ1n) is 2.99. The van der Waals surface area contributed by atoms with Crippen LogP contribution in [0.1, 0.15) is 0 Å². The zero-order chi connectivity index (χ0) is 7.98. The van der Waals surface area contributed by atoms with Gasteiger partial charge in [0, 0.05) is 11.0 Å². The number of hydrogen-bond donors (Lipinski definition) is 3. The molecule has 0 aromatic carbocycles. The van der Waals surface area contributed by atoms with Crippen LogP contribution in [0.4, 0.5) is 0 Å². The Morgan fingerprint density at radius 3 is 2.30 bits per heavy atom. The van der Waals surface area contributed by atoms with E-state index in [0.717, 1.165) is 4.48 Å². The van der Waals surface area contributed by atoms with Gasteiger partial charge in [-0.05, 0) is 0 Å². The smallest absolute Gasteiger partial charge is 0.0607 e. The molecule has 0 spiro atoms. The molecular weight excluding hydrogens is 198 g/mol. The van der Waals surface area contributed by atoms with Gasteiger partial charge in [-0.15, -0.1) is 0 Å². The maximum absolute atomic E-state index is 8.57. The zero-order valence-electron chi connectivity index (χ0n) is 5.68. The van der Waals surface area contributed by atoms with Gasteiger partial charge in [-0.1, -0.05) is 22.5 Å². The maximum atomic E-state index is 8.57. The lowest BCUT2D eigenvalue weighted by Crippen LogP contribution is -2.36. The standard InChI is InChI=1S/C6H12BrNO2/c1-5(7)2-8-6(3-9)4-10/h6,8-10H,1-4H2. The molecule has 0 unspecified atom stereocenters. The van der Waals surface area contributed by atoms with Crippen molar-refractivity contribution >= 4 is 15.9 Å². The van der Waals surface area contributed by atoms with E-state index in [1.54, 1.807) is 0 Å². The van der Waals surface area contributed by atoms with Gasteiger partial charge in [0.2, 0.25) is 0 Å². The number of aliphatic hydroxyl groups excluding tert-OH is 2. The van der Waals surface area contributed by atoms with Crippen LogP contribution < -0.4 is 5.32 Å². The van der Waals surface area contributed by atoms with Crippen LogP contribution >= 0.6 is 15.9 Å². The van der Waals surface area contributed by atoms with Crippen LogP contribution in [0.15, 0.2) is 11.1 Å². The lowest BCUT2D eigenvalue weighted by Gasteiger charge is -2.11. The van der Waals surface area contributed by atoms with Crippen molar-refractivity contribution in [2.24, 2.45) is 0 Å². The highest BCUT2D eigenvalue weighted by Gasteiger charge is 2.02. The molecule has 60 valence electrons. The van der Waals surface area contributed by atoms with Crippen molar-refractivity contribution in [3.63, 3.8) is 0 Å². The fourth-order valence-corrected chi connectivity index (χ4v) is 0.604. The molecule has 0 aliphatic heterocycles. The van der Waals surface area contributed by atoms with Crippen LogP contribution in [0.2, 0.25) is 0 Å². The summed E-state index contributed by atoms with van der Waals surface area (Å²) in [5.41, 5.74) is 0. The second-order valence-corrected chi connectivity index (χ2v) is 3.08. The summed E-state index contributed by atoms with van der Waals surface area (Å²) < 4.78 is 0.805. The first-order chi connectivity index (χ1) is 4.70. The Bertz CT molecular complexity index is 104. The molecule has 0 rings (SSSR count). The van der Waals surface area contributed by atoms with Crippen molar-refractivity contribution in [3.05, 3.63) is 11.1 Å². The number of aliphatic hydroxyl groups is 2. The summed E-state index contributed by atoms with van der Waals surface area (Å²) in [6.45, 7) is 4.03. The van der Waals surface area contributed by atoms with Crippen LogP contribution in [0.25, 0.3) is 0 Å². The average molecular weight is 210 g/mol. The Labute approximate surface area is 68.9 Å². The molecule has 0 aromatic rings. The van der Waals surface area contributed by atoms with E-state index >= 15 is 0 Å². The third kappa shape index (κ3) is 4.93. The molecule has 0 aliphatic carbocycles. The number of halogens is 1. The van der Waals surface area contributed by atoms with Gasteiger partial charge in [0.1, 0.15) is 0 Å². The van der Waals surface area contributed by atoms with Gasteiger partial charge in [-0.3, -0.25) is 0 Å². The topological polar surface area (TPSA) is 52.5 Å². The molecule has 3 N–H and O–H groups in total. The van der Waals surface area contributed by atoms with Crippen molar-refractivity contribution in [2.45, 2.75) is 6.04 Å². The summed E-state index contributed by atoms with van der Waals surface area (Å²) in [4.78, 5) is 0. The molecular formula is C6H12BrNO2. The monoisotopic (exact) mass is 209 g/mol. The van der Waals surface area contributed by atoms with E-state index in [-0.39, 0.29) is 19.3 Å². The minimum Gasteiger partial charge on any atom is -0.395 e. The van der Waals surface area contributed by atoms with E-state index in [4.69, 9.17) is 10.2 Å². The molecule has 10 heavy (non-hydrogen) atoms. The molecule has 0 saturated carbocycles. The summed E-state index contributed by atoms with van der Waals surface area (Å²) in [7, 11) is 0. The quantitative estimate of drug-likeness (QED) is 0.590. The lowest BCUT2D eigenvalue weighted by atomic mass is 10.3. The van der Waals surface area contributed by atoms with Gasteiger partial charge in [0.15, 0.2) is 0 Å². The summed E-state index contributed by atoms with van der Waals surface area (Å²) in [6.07, 6.45) is 0. The van der Waals surface area contributed by atoms with Gasteiger partial charge >= 0.3 is 0 Å². The second-order valence-electron chi connectivity index (χ2n) is 1.96. The van der Waals surface area contributed by atoms with Gasteiger partial charge < -0.3 is 15.5 Å². The number of rotatable bonds is 5. The molecule has 0 radical (unpaired) electrons. The third-order valence-corrected chi connectivity index (χ3v) is 1.30. The first-order valence-corrected chi connectivity index (χ1v) is 3.78. The SMILES string of the molecule is C=C(Br)CNC(CO)CO. The molecule has 0 heterocycles. The van der Waals surface area contributed by atoms with E-state index in [9.17, 15) is 0 Å². The summed E-state index contributed by atoms with van der Waals surface area (Å²) in [5.74, 6) is 0. The second kappa shape index (κ2) is 5.85. The molecule has 4 heteroatoms. The molecule has 0 amide bonds. The molecule has 0 aromatic heterocycles. The van der Waals surface area contributed by atoms with E-state index in [2.05, 4.69) is 27.8 Å². The van der Waals surface area contributed by atoms with Crippen LogP contribution in [0.3, 0.4) is 0 Å². The van der Waals surface area contributed by atoms with Crippen molar-refractivity contribution in [2.75, 3.05) is 19.8 Å². The first kappa shape index (κ1) is 10.1. The van der Waals surface area contributed by atoms with Crippen molar-refractivity contribution in [1.29, 1.82) is 0 Å². The molecule has 0 fully saturated rings. The van der Waals surface area contributed by atoms with Crippen molar-refractivity contribution < 1.29 is 10.2 Å². The highest BCUT2D eigenvalue weighted by molar-refractivity contribution is 9.11. The molecule has 0 atom stereocenters. The van der Waals surface area contributed by atoms with E-state index in [1.165, 1.54) is 0 Å². The Balaban J connectivity index is 3.34. The van der Waals surface area contributed by atoms with E-state index in [1.807, 2.05) is 0 Å². The summed E-state index contributed by atoms with van der Waals surface area (Å²) in [6, 6.07) is -0.241. The molecule has 3 nitrogen and oxygen atoms in total. The van der Waals surface area contributed by atoms with Crippen molar-refractivity contribution in [3.8, 4) is 0 Å². The van der Waals surface area contributed by atoms with Crippen LogP contribution in [-0.2, 0) is 0 Å². The fraction of sp³-hybridized carbons (Fsp3) is 0.667. The maximum Gasteiger partial charge on any atom is 0.0607 e. The Morgan fingerprint density at radius 1 is 1.50 bits per heavy atom. The van der Waals surface area contributed by atoms with Crippen molar-refractivity contribution in [1.82, 2.24) is 5.32 Å². The fourth-order valence-electron chi connectivity index (χ4n) is 0.442. The predicted octanol–water partition coefficient (Wildman–Crippen LogP) is -0.162. The van der Waals surface area contributed by atoms with E-state index in [0.29, 0.717) is 6.54 Å². The number of nitrogens with one attached hydrogen (secondary N) is 1. The minimum atomic E-state index is -0.241. The predicted molar refractivity (Wildman–Crippen MR) is 44.0 cm³/mol. The number of hydrogen-bond acceptors (Lipinski definition) is 3. The van der Waals surface area contributed by atoms with Gasteiger partial charge in [-0.25, -0.2) is 0 Å². The minimum absolute atomic E-state index is 0.0587. The molecule has 0 saturated heterocycles. The highest BCUT2D eigenvalue weighted by atomic mass is 79.9. The summed E-state index contributed by atoms with van der Waals surface area (Å²) in [5, 5.41) is 20.0. The van der Waals surface area contributed by atoms with Crippen LogP contribution in [0, 0.1) is 0 Å². The molecule has 0 bridgehead atoms. The highest BCUT2D eigenvalue weighted by Crippen LogP contribution is 1.97. The van der Waals surface area contributed by atoms with Gasteiger partial charge in [0.05, 0.1) is 19.3 Å². The Morgan fingerprint density at radius 2 is 2.00 bits per heavy atom. The van der Waals surface area contributed by atoms with Gasteiger partial charge in [0.25, 0.3) is 0 Å². The third-order valence-electron chi connectivity index (χ3n) is 1.02. The summed E-state index contributed by atoms with van der Waals surface area (Å²) >= 11 is 3.14. The Hall–Kier alpha value is 0.1000. The Kier molecular flexibility index (Phi) is 5.91. The van der Waals surface area contributed by atoms with Gasteiger partial charge in [-0.2, -0.15) is 0 Å². The normalized spacial score (nSPS) is 10.4. The lowest BCUT2D eigenvalue weighted by molar-refractivity contribution is 0.174. The average Bonchev–Trinajstić information content (AvgIpc) is 1.90. The van der Waals surface area contributed by atoms with E-state index < -0.39 is 0 Å². The van der Waals surface area contributed by atoms with Crippen LogP contribution in [0.5, 0.6) is 0 Å². The van der Waals surface area contributed by atoms with Crippen LogP contribution in [-0.4, -0.2) is 36.0 Å². The molecule has 0 aliphatic rings. The zero-order valence-corrected chi connectivity index (χ0v) is 7.26.